The maximum atomic E-state index is 11.2. The maximum absolute atomic E-state index is 11.2. The maximum Gasteiger partial charge on any atom is 0.303 e. The number of aryl methyl sites for hydroxylation is 1. The number of aliphatic carboxylic acids is 1. The molecule has 1 N–H and O–H groups in total. The van der Waals surface area contributed by atoms with E-state index >= 15 is 0 Å². The highest BCUT2D eigenvalue weighted by Gasteiger charge is 2.34. The van der Waals surface area contributed by atoms with Crippen LogP contribution in [0.15, 0.2) is 22.7 Å². The van der Waals surface area contributed by atoms with Gasteiger partial charge in [0.2, 0.25) is 0 Å². The van der Waals surface area contributed by atoms with Gasteiger partial charge in [-0.15, -0.1) is 0 Å². The van der Waals surface area contributed by atoms with Crippen molar-refractivity contribution in [3.8, 4) is 5.75 Å². The van der Waals surface area contributed by atoms with Gasteiger partial charge < -0.3 is 9.84 Å². The van der Waals surface area contributed by atoms with Gasteiger partial charge in [0, 0.05) is 4.47 Å². The highest BCUT2D eigenvalue weighted by Crippen LogP contribution is 2.43. The first kappa shape index (κ1) is 16.3. The summed E-state index contributed by atoms with van der Waals surface area (Å²) < 4.78 is 6.45. The molecule has 0 spiro atoms. The summed E-state index contributed by atoms with van der Waals surface area (Å²) in [5, 5.41) is 9.24. The molecule has 0 radical (unpaired) electrons. The van der Waals surface area contributed by atoms with Crippen molar-refractivity contribution in [2.75, 3.05) is 7.11 Å². The Kier molecular flexibility index (Phi) is 5.68. The summed E-state index contributed by atoms with van der Waals surface area (Å²) >= 11 is 3.50. The van der Waals surface area contributed by atoms with E-state index in [1.807, 2.05) is 12.1 Å². The van der Waals surface area contributed by atoms with Crippen LogP contribution in [0, 0.1) is 5.41 Å². The normalized spacial score (nSPS) is 17.4. The summed E-state index contributed by atoms with van der Waals surface area (Å²) in [7, 11) is 1.68. The molecule has 3 nitrogen and oxygen atoms in total. The minimum atomic E-state index is -0.668. The van der Waals surface area contributed by atoms with E-state index in [0.29, 0.717) is 6.42 Å². The summed E-state index contributed by atoms with van der Waals surface area (Å²) in [6.45, 7) is 0. The zero-order chi connectivity index (χ0) is 15.3. The third-order valence-corrected chi connectivity index (χ3v) is 5.10. The van der Waals surface area contributed by atoms with Gasteiger partial charge in [-0.1, -0.05) is 35.2 Å². The smallest absolute Gasteiger partial charge is 0.303 e. The second-order valence-corrected chi connectivity index (χ2v) is 7.00. The Bertz CT molecular complexity index is 493. The molecule has 0 aromatic heterocycles. The van der Waals surface area contributed by atoms with Crippen molar-refractivity contribution in [2.45, 2.75) is 51.4 Å². The molecule has 1 aliphatic carbocycles. The second-order valence-electron chi connectivity index (χ2n) is 6.09. The first-order valence-electron chi connectivity index (χ1n) is 7.59. The number of benzene rings is 1. The van der Waals surface area contributed by atoms with Crippen molar-refractivity contribution in [3.05, 3.63) is 28.2 Å². The molecule has 116 valence electrons. The largest absolute Gasteiger partial charge is 0.496 e. The Hall–Kier alpha value is -1.03. The molecule has 0 saturated heterocycles. The average Bonchev–Trinajstić information content (AvgIpc) is 2.46. The summed E-state index contributed by atoms with van der Waals surface area (Å²) in [5.74, 6) is 0.220. The van der Waals surface area contributed by atoms with E-state index < -0.39 is 5.97 Å². The average molecular weight is 355 g/mol. The van der Waals surface area contributed by atoms with Gasteiger partial charge in [0.05, 0.1) is 13.5 Å². The van der Waals surface area contributed by atoms with Crippen LogP contribution in [0.25, 0.3) is 0 Å². The zero-order valence-corrected chi connectivity index (χ0v) is 14.1. The van der Waals surface area contributed by atoms with Crippen LogP contribution < -0.4 is 4.74 Å². The quantitative estimate of drug-likeness (QED) is 0.796. The number of ether oxygens (including phenoxy) is 1. The zero-order valence-electron chi connectivity index (χ0n) is 12.5. The van der Waals surface area contributed by atoms with E-state index in [-0.39, 0.29) is 5.41 Å². The van der Waals surface area contributed by atoms with E-state index in [9.17, 15) is 9.90 Å². The Balaban J connectivity index is 2.11. The third-order valence-electron chi connectivity index (χ3n) is 4.61. The number of hydrogen-bond acceptors (Lipinski definition) is 2. The van der Waals surface area contributed by atoms with Crippen LogP contribution in [0.5, 0.6) is 5.75 Å². The van der Waals surface area contributed by atoms with Crippen molar-refractivity contribution < 1.29 is 14.6 Å². The minimum absolute atomic E-state index is 0.0303. The molecular weight excluding hydrogens is 332 g/mol. The molecule has 1 saturated carbocycles. The molecule has 0 atom stereocenters. The molecule has 1 fully saturated rings. The first-order valence-corrected chi connectivity index (χ1v) is 8.38. The van der Waals surface area contributed by atoms with Gasteiger partial charge >= 0.3 is 5.97 Å². The molecule has 1 aromatic carbocycles. The minimum Gasteiger partial charge on any atom is -0.496 e. The standard InChI is InChI=1S/C17H23BrO3/c1-21-15-6-5-14(18)11-13(15)7-10-17(12-16(19)20)8-3-2-4-9-17/h5-6,11H,2-4,7-10,12H2,1H3,(H,19,20). The van der Waals surface area contributed by atoms with Crippen LogP contribution in [-0.2, 0) is 11.2 Å². The number of rotatable bonds is 6. The second kappa shape index (κ2) is 7.30. The molecule has 0 amide bonds. The lowest BCUT2D eigenvalue weighted by molar-refractivity contribution is -0.140. The molecule has 1 aromatic rings. The van der Waals surface area contributed by atoms with Crippen LogP contribution in [0.3, 0.4) is 0 Å². The molecule has 0 bridgehead atoms. The summed E-state index contributed by atoms with van der Waals surface area (Å²) in [6.07, 6.45) is 7.71. The number of carboxylic acids is 1. The van der Waals surface area contributed by atoms with Crippen LogP contribution >= 0.6 is 15.9 Å². The molecule has 0 heterocycles. The summed E-state index contributed by atoms with van der Waals surface area (Å²) in [5.41, 5.74) is 1.12. The molecule has 0 aliphatic heterocycles. The van der Waals surface area contributed by atoms with Crippen LogP contribution in [0.2, 0.25) is 0 Å². The van der Waals surface area contributed by atoms with Gasteiger partial charge in [0.15, 0.2) is 0 Å². The Morgan fingerprint density at radius 2 is 2.05 bits per heavy atom. The molecular formula is C17H23BrO3. The summed E-state index contributed by atoms with van der Waals surface area (Å²) in [6, 6.07) is 6.01. The van der Waals surface area contributed by atoms with Gasteiger partial charge in [-0.2, -0.15) is 0 Å². The molecule has 0 unspecified atom stereocenters. The van der Waals surface area contributed by atoms with Crippen molar-refractivity contribution in [1.82, 2.24) is 0 Å². The van der Waals surface area contributed by atoms with E-state index in [1.54, 1.807) is 7.11 Å². The highest BCUT2D eigenvalue weighted by atomic mass is 79.9. The van der Waals surface area contributed by atoms with Crippen molar-refractivity contribution >= 4 is 21.9 Å². The Morgan fingerprint density at radius 3 is 2.67 bits per heavy atom. The lowest BCUT2D eigenvalue weighted by atomic mass is 9.68. The highest BCUT2D eigenvalue weighted by molar-refractivity contribution is 9.10. The Morgan fingerprint density at radius 1 is 1.33 bits per heavy atom. The van der Waals surface area contributed by atoms with E-state index in [2.05, 4.69) is 22.0 Å². The molecule has 2 rings (SSSR count). The number of methoxy groups -OCH3 is 1. The Labute approximate surface area is 134 Å². The third kappa shape index (κ3) is 4.47. The first-order chi connectivity index (χ1) is 10.0. The van der Waals surface area contributed by atoms with Gasteiger partial charge in [0.1, 0.15) is 5.75 Å². The monoisotopic (exact) mass is 354 g/mol. The fourth-order valence-electron chi connectivity index (χ4n) is 3.48. The number of hydrogen-bond donors (Lipinski definition) is 1. The van der Waals surface area contributed by atoms with E-state index in [0.717, 1.165) is 54.3 Å². The van der Waals surface area contributed by atoms with Gasteiger partial charge in [-0.3, -0.25) is 4.79 Å². The predicted molar refractivity (Wildman–Crippen MR) is 86.8 cm³/mol. The fraction of sp³-hybridized carbons (Fsp3) is 0.588. The number of halogens is 1. The molecule has 4 heteroatoms. The van der Waals surface area contributed by atoms with E-state index in [1.165, 1.54) is 6.42 Å². The van der Waals surface area contributed by atoms with E-state index in [4.69, 9.17) is 4.74 Å². The molecule has 1 aliphatic rings. The van der Waals surface area contributed by atoms with Crippen LogP contribution in [0.1, 0.15) is 50.5 Å². The van der Waals surface area contributed by atoms with Crippen molar-refractivity contribution in [1.29, 1.82) is 0 Å². The SMILES string of the molecule is COc1ccc(Br)cc1CCC1(CC(=O)O)CCCCC1. The predicted octanol–water partition coefficient (Wildman–Crippen LogP) is 4.82. The number of carboxylic acid groups (broad SMARTS) is 1. The topological polar surface area (TPSA) is 46.5 Å². The van der Waals surface area contributed by atoms with Crippen LogP contribution in [0.4, 0.5) is 0 Å². The van der Waals surface area contributed by atoms with Crippen molar-refractivity contribution in [2.24, 2.45) is 5.41 Å². The van der Waals surface area contributed by atoms with Gasteiger partial charge in [0.25, 0.3) is 0 Å². The van der Waals surface area contributed by atoms with Crippen LogP contribution in [-0.4, -0.2) is 18.2 Å². The van der Waals surface area contributed by atoms with Gasteiger partial charge in [-0.25, -0.2) is 0 Å². The fourth-order valence-corrected chi connectivity index (χ4v) is 3.89. The lowest BCUT2D eigenvalue weighted by Gasteiger charge is -2.36. The lowest BCUT2D eigenvalue weighted by Crippen LogP contribution is -2.28. The number of carbonyl (C=O) groups is 1. The van der Waals surface area contributed by atoms with Gasteiger partial charge in [-0.05, 0) is 54.9 Å². The van der Waals surface area contributed by atoms with Crippen molar-refractivity contribution in [3.63, 3.8) is 0 Å². The summed E-state index contributed by atoms with van der Waals surface area (Å²) in [4.78, 5) is 11.2. The molecule has 21 heavy (non-hydrogen) atoms.